The third-order valence-corrected chi connectivity index (χ3v) is 5.70. The van der Waals surface area contributed by atoms with Crippen LogP contribution in [-0.4, -0.2) is 35.8 Å². The second-order valence-electron chi connectivity index (χ2n) is 7.60. The topological polar surface area (TPSA) is 125 Å². The molecule has 0 radical (unpaired) electrons. The summed E-state index contributed by atoms with van der Waals surface area (Å²) < 4.78 is 10.3. The number of carbonyl (C=O) groups is 3. The molecule has 0 aromatic heterocycles. The average molecular weight is 404 g/mol. The number of rotatable bonds is 6. The second kappa shape index (κ2) is 8.59. The van der Waals surface area contributed by atoms with Crippen molar-refractivity contribution in [2.75, 3.05) is 12.4 Å². The molecule has 1 unspecified atom stereocenters. The highest BCUT2D eigenvalue weighted by molar-refractivity contribution is 5.97. The number of hydrogen-bond acceptors (Lipinski definition) is 7. The van der Waals surface area contributed by atoms with Crippen molar-refractivity contribution < 1.29 is 28.8 Å². The first-order valence-electron chi connectivity index (χ1n) is 9.67. The monoisotopic (exact) mass is 404 g/mol. The van der Waals surface area contributed by atoms with Crippen molar-refractivity contribution in [1.29, 1.82) is 0 Å². The number of amides is 1. The first-order valence-corrected chi connectivity index (χ1v) is 9.67. The summed E-state index contributed by atoms with van der Waals surface area (Å²) in [5.41, 5.74) is -0.337. The normalized spacial score (nSPS) is 24.3. The van der Waals surface area contributed by atoms with Gasteiger partial charge in [-0.25, -0.2) is 0 Å². The highest BCUT2D eigenvalue weighted by Crippen LogP contribution is 2.40. The van der Waals surface area contributed by atoms with Gasteiger partial charge in [0.05, 0.1) is 24.0 Å². The van der Waals surface area contributed by atoms with E-state index in [0.717, 1.165) is 19.3 Å². The molecule has 2 bridgehead atoms. The third kappa shape index (κ3) is 4.55. The smallest absolute Gasteiger partial charge is 0.309 e. The van der Waals surface area contributed by atoms with Gasteiger partial charge < -0.3 is 14.8 Å². The van der Waals surface area contributed by atoms with Crippen LogP contribution in [0.4, 0.5) is 11.4 Å². The summed E-state index contributed by atoms with van der Waals surface area (Å²) in [6.07, 6.45) is 2.41. The Morgan fingerprint density at radius 3 is 2.48 bits per heavy atom. The van der Waals surface area contributed by atoms with Crippen LogP contribution < -0.4 is 10.1 Å². The maximum absolute atomic E-state index is 12.5. The van der Waals surface area contributed by atoms with Gasteiger partial charge in [0.15, 0.2) is 6.10 Å². The Morgan fingerprint density at radius 1 is 1.24 bits per heavy atom. The molecule has 0 heterocycles. The Balaban J connectivity index is 1.62. The maximum atomic E-state index is 12.5. The zero-order chi connectivity index (χ0) is 21.1. The van der Waals surface area contributed by atoms with Gasteiger partial charge in [-0.15, -0.1) is 0 Å². The summed E-state index contributed by atoms with van der Waals surface area (Å²) in [5, 5.41) is 13.7. The van der Waals surface area contributed by atoms with Crippen molar-refractivity contribution in [2.24, 2.45) is 17.8 Å². The van der Waals surface area contributed by atoms with E-state index in [1.54, 1.807) is 0 Å². The number of nitrogens with zero attached hydrogens (tertiary/aromatic N) is 1. The Kier molecular flexibility index (Phi) is 6.14. The number of ether oxygens (including phenoxy) is 2. The number of nitro groups is 1. The summed E-state index contributed by atoms with van der Waals surface area (Å²) in [5.74, 6) is -1.21. The van der Waals surface area contributed by atoms with Crippen LogP contribution in [0.3, 0.4) is 0 Å². The van der Waals surface area contributed by atoms with E-state index in [4.69, 9.17) is 9.47 Å². The van der Waals surface area contributed by atoms with E-state index in [-0.39, 0.29) is 34.7 Å². The summed E-state index contributed by atoms with van der Waals surface area (Å²) >= 11 is 0. The van der Waals surface area contributed by atoms with E-state index in [1.807, 2.05) is 0 Å². The lowest BCUT2D eigenvalue weighted by atomic mass is 9.67. The Bertz CT molecular complexity index is 822. The van der Waals surface area contributed by atoms with Crippen molar-refractivity contribution in [1.82, 2.24) is 0 Å². The van der Waals surface area contributed by atoms with Crippen LogP contribution in [-0.2, 0) is 19.1 Å². The molecule has 156 valence electrons. The van der Waals surface area contributed by atoms with E-state index in [0.29, 0.717) is 12.8 Å². The molecule has 9 heteroatoms. The van der Waals surface area contributed by atoms with Crippen LogP contribution in [0.15, 0.2) is 18.2 Å². The number of methoxy groups -OCH3 is 1. The van der Waals surface area contributed by atoms with Crippen LogP contribution >= 0.6 is 0 Å². The molecule has 0 spiro atoms. The minimum atomic E-state index is -1.12. The predicted molar refractivity (Wildman–Crippen MR) is 102 cm³/mol. The number of nitrogens with one attached hydrogen (secondary N) is 1. The molecule has 2 fully saturated rings. The molecule has 2 saturated carbocycles. The van der Waals surface area contributed by atoms with E-state index < -0.39 is 28.8 Å². The highest BCUT2D eigenvalue weighted by Gasteiger charge is 2.42. The van der Waals surface area contributed by atoms with Crippen LogP contribution in [0.2, 0.25) is 0 Å². The summed E-state index contributed by atoms with van der Waals surface area (Å²) in [6.45, 7) is 1.41. The fourth-order valence-corrected chi connectivity index (χ4v) is 4.13. The van der Waals surface area contributed by atoms with Gasteiger partial charge in [0.2, 0.25) is 0 Å². The average Bonchev–Trinajstić information content (AvgIpc) is 2.67. The highest BCUT2D eigenvalue weighted by atomic mass is 16.6. The molecule has 2 aliphatic rings. The molecule has 0 saturated heterocycles. The summed E-state index contributed by atoms with van der Waals surface area (Å²) in [4.78, 5) is 47.7. The molecular weight excluding hydrogens is 380 g/mol. The predicted octanol–water partition coefficient (Wildman–Crippen LogP) is 2.87. The largest absolute Gasteiger partial charge is 0.496 e. The zero-order valence-corrected chi connectivity index (χ0v) is 16.4. The van der Waals surface area contributed by atoms with E-state index in [2.05, 4.69) is 5.32 Å². The molecule has 1 amide bonds. The van der Waals surface area contributed by atoms with Crippen molar-refractivity contribution >= 4 is 29.0 Å². The lowest BCUT2D eigenvalue weighted by molar-refractivity contribution is -0.384. The lowest BCUT2D eigenvalue weighted by Gasteiger charge is -2.36. The van der Waals surface area contributed by atoms with Crippen LogP contribution in [0, 0.1) is 27.9 Å². The van der Waals surface area contributed by atoms with Crippen molar-refractivity contribution in [3.63, 3.8) is 0 Å². The van der Waals surface area contributed by atoms with Gasteiger partial charge in [-0.3, -0.25) is 24.5 Å². The van der Waals surface area contributed by atoms with Gasteiger partial charge >= 0.3 is 5.97 Å². The molecule has 1 N–H and O–H groups in total. The van der Waals surface area contributed by atoms with Gasteiger partial charge in [0.1, 0.15) is 17.2 Å². The quantitative estimate of drug-likeness (QED) is 0.439. The van der Waals surface area contributed by atoms with Gasteiger partial charge in [0.25, 0.3) is 11.6 Å². The fourth-order valence-electron chi connectivity index (χ4n) is 4.13. The van der Waals surface area contributed by atoms with Gasteiger partial charge in [-0.05, 0) is 44.7 Å². The fraction of sp³-hybridized carbons (Fsp3) is 0.550. The first kappa shape index (κ1) is 20.8. The lowest BCUT2D eigenvalue weighted by Crippen LogP contribution is -2.41. The van der Waals surface area contributed by atoms with Gasteiger partial charge in [0, 0.05) is 11.8 Å². The zero-order valence-electron chi connectivity index (χ0n) is 16.4. The molecule has 3 rings (SSSR count). The number of fused-ring (bicyclic) bond motifs is 2. The van der Waals surface area contributed by atoms with Crippen LogP contribution in [0.25, 0.3) is 0 Å². The van der Waals surface area contributed by atoms with E-state index in [1.165, 1.54) is 32.2 Å². The number of Topliss-reactive ketones (excluding diaryl/α,β-unsaturated/α-hetero) is 1. The Morgan fingerprint density at radius 2 is 1.90 bits per heavy atom. The first-order chi connectivity index (χ1) is 13.8. The number of ketones is 1. The minimum Gasteiger partial charge on any atom is -0.496 e. The minimum absolute atomic E-state index is 0.0125. The number of anilines is 1. The standard InChI is InChI=1S/C20H24N2O7/c1-11(19(24)21-16-7-6-15(28-2)10-17(16)22(26)27)29-20(25)14-8-12-4-3-5-13(9-14)18(12)23/h6-7,10-14H,3-5,8-9H2,1-2H3,(H,21,24)/t11-,12-,13+,14?/m0/s1. The van der Waals surface area contributed by atoms with Crippen LogP contribution in [0.1, 0.15) is 39.0 Å². The number of hydrogen-bond donors (Lipinski definition) is 1. The molecule has 1 aromatic carbocycles. The molecule has 2 aliphatic carbocycles. The molecule has 4 atom stereocenters. The molecule has 1 aromatic rings. The Hall–Kier alpha value is -2.97. The third-order valence-electron chi connectivity index (χ3n) is 5.70. The summed E-state index contributed by atoms with van der Waals surface area (Å²) in [6, 6.07) is 4.04. The van der Waals surface area contributed by atoms with Gasteiger partial charge in [-0.2, -0.15) is 0 Å². The number of nitro benzene ring substituents is 1. The number of esters is 1. The van der Waals surface area contributed by atoms with E-state index >= 15 is 0 Å². The number of carbonyl (C=O) groups excluding carboxylic acids is 3. The van der Waals surface area contributed by atoms with E-state index in [9.17, 15) is 24.5 Å². The maximum Gasteiger partial charge on any atom is 0.309 e. The van der Waals surface area contributed by atoms with Crippen molar-refractivity contribution in [2.45, 2.75) is 45.1 Å². The van der Waals surface area contributed by atoms with Crippen molar-refractivity contribution in [3.05, 3.63) is 28.3 Å². The van der Waals surface area contributed by atoms with Gasteiger partial charge in [-0.1, -0.05) is 6.42 Å². The second-order valence-corrected chi connectivity index (χ2v) is 7.60. The molecule has 0 aliphatic heterocycles. The molecule has 29 heavy (non-hydrogen) atoms. The van der Waals surface area contributed by atoms with Crippen LogP contribution in [0.5, 0.6) is 5.75 Å². The molecule has 9 nitrogen and oxygen atoms in total. The summed E-state index contributed by atoms with van der Waals surface area (Å²) in [7, 11) is 1.38. The molecular formula is C20H24N2O7. The Labute approximate surface area is 167 Å². The van der Waals surface area contributed by atoms with Crippen molar-refractivity contribution in [3.8, 4) is 5.75 Å². The SMILES string of the molecule is COc1ccc(NC(=O)[C@H](C)OC(=O)C2C[C@H]3CCC[C@@H](C2)C3=O)c([N+](=O)[O-])c1. The number of benzene rings is 1.